The van der Waals surface area contributed by atoms with Crippen LogP contribution in [0.25, 0.3) is 0 Å². The molecular weight excluding hydrogens is 331 g/mol. The molecule has 0 aromatic carbocycles. The van der Waals surface area contributed by atoms with Crippen molar-refractivity contribution in [1.82, 2.24) is 14.7 Å². The molecule has 4 nitrogen and oxygen atoms in total. The van der Waals surface area contributed by atoms with Gasteiger partial charge in [0.15, 0.2) is 5.69 Å². The van der Waals surface area contributed by atoms with E-state index in [2.05, 4.69) is 5.10 Å². The number of aryl methyl sites for hydroxylation is 1. The molecule has 1 aromatic heterocycles. The smallest absolute Gasteiger partial charge is 0.331 e. The summed E-state index contributed by atoms with van der Waals surface area (Å²) in [4.78, 5) is 15.1. The maximum atomic E-state index is 13.2. The number of halogens is 3. The van der Waals surface area contributed by atoms with Crippen molar-refractivity contribution in [3.63, 3.8) is 0 Å². The molecule has 2 aliphatic carbocycles. The maximum Gasteiger partial charge on any atom is 0.435 e. The van der Waals surface area contributed by atoms with Crippen LogP contribution in [0.5, 0.6) is 0 Å². The van der Waals surface area contributed by atoms with Crippen molar-refractivity contribution in [2.45, 2.75) is 82.5 Å². The Morgan fingerprint density at radius 2 is 1.52 bits per heavy atom. The topological polar surface area (TPSA) is 38.1 Å². The van der Waals surface area contributed by atoms with E-state index in [-0.39, 0.29) is 23.7 Å². The Morgan fingerprint density at radius 1 is 1.04 bits per heavy atom. The number of hydrogen-bond donors (Lipinski definition) is 0. The molecule has 0 spiro atoms. The summed E-state index contributed by atoms with van der Waals surface area (Å²) in [6.07, 6.45) is 5.95. The van der Waals surface area contributed by atoms with Crippen LogP contribution < -0.4 is 0 Å². The molecule has 0 atom stereocenters. The van der Waals surface area contributed by atoms with Gasteiger partial charge in [-0.1, -0.05) is 38.5 Å². The number of aromatic nitrogens is 2. The van der Waals surface area contributed by atoms with E-state index in [4.69, 9.17) is 0 Å². The van der Waals surface area contributed by atoms with Crippen LogP contribution in [0.2, 0.25) is 0 Å². The van der Waals surface area contributed by atoms with Crippen LogP contribution >= 0.6 is 0 Å². The van der Waals surface area contributed by atoms with Gasteiger partial charge in [-0.2, -0.15) is 18.3 Å². The number of carbonyl (C=O) groups is 1. The van der Waals surface area contributed by atoms with Crippen LogP contribution in [-0.4, -0.2) is 32.7 Å². The Morgan fingerprint density at radius 3 is 1.92 bits per heavy atom. The summed E-state index contributed by atoms with van der Waals surface area (Å²) in [7, 11) is 1.42. The molecule has 0 aliphatic heterocycles. The van der Waals surface area contributed by atoms with Gasteiger partial charge in [0.1, 0.15) is 5.69 Å². The predicted molar refractivity (Wildman–Crippen MR) is 88.1 cm³/mol. The minimum absolute atomic E-state index is 0.0449. The SMILES string of the molecule is Cn1nc(C(F)(F)F)cc1C(=O)N(C1CCCCC1)C1CCCCC1. The Labute approximate surface area is 146 Å². The lowest BCUT2D eigenvalue weighted by molar-refractivity contribution is -0.141. The van der Waals surface area contributed by atoms with Gasteiger partial charge >= 0.3 is 6.18 Å². The fourth-order valence-corrected chi connectivity index (χ4v) is 4.29. The normalized spacial score (nSPS) is 20.6. The molecule has 0 saturated heterocycles. The predicted octanol–water partition coefficient (Wildman–Crippen LogP) is 4.55. The molecule has 1 heterocycles. The molecule has 1 amide bonds. The molecule has 2 fully saturated rings. The van der Waals surface area contributed by atoms with Gasteiger partial charge in [-0.15, -0.1) is 0 Å². The highest BCUT2D eigenvalue weighted by molar-refractivity contribution is 5.93. The zero-order chi connectivity index (χ0) is 18.0. The quantitative estimate of drug-likeness (QED) is 0.796. The molecule has 0 unspecified atom stereocenters. The molecule has 1 aromatic rings. The fourth-order valence-electron chi connectivity index (χ4n) is 4.29. The standard InChI is InChI=1S/C18H26F3N3O/c1-23-15(12-16(22-23)18(19,20)21)17(25)24(13-8-4-2-5-9-13)14-10-6-3-7-11-14/h12-14H,2-11H2,1H3. The van der Waals surface area contributed by atoms with Gasteiger partial charge in [0.25, 0.3) is 5.91 Å². The van der Waals surface area contributed by atoms with Crippen LogP contribution in [0.1, 0.15) is 80.4 Å². The van der Waals surface area contributed by atoms with Gasteiger partial charge in [0.05, 0.1) is 0 Å². The van der Waals surface area contributed by atoms with Crippen LogP contribution in [0.15, 0.2) is 6.07 Å². The number of hydrogen-bond acceptors (Lipinski definition) is 2. The first kappa shape index (κ1) is 18.3. The first-order chi connectivity index (χ1) is 11.9. The summed E-state index contributed by atoms with van der Waals surface area (Å²) >= 11 is 0. The molecule has 7 heteroatoms. The zero-order valence-corrected chi connectivity index (χ0v) is 14.7. The average Bonchev–Trinajstić information content (AvgIpc) is 2.99. The highest BCUT2D eigenvalue weighted by Gasteiger charge is 2.38. The van der Waals surface area contributed by atoms with Crippen molar-refractivity contribution in [2.75, 3.05) is 0 Å². The summed E-state index contributed by atoms with van der Waals surface area (Å²) in [5.74, 6) is -0.288. The van der Waals surface area contributed by atoms with Crippen molar-refractivity contribution in [3.05, 3.63) is 17.5 Å². The molecular formula is C18H26F3N3O. The van der Waals surface area contributed by atoms with E-state index in [1.165, 1.54) is 19.9 Å². The zero-order valence-electron chi connectivity index (χ0n) is 14.7. The van der Waals surface area contributed by atoms with Crippen molar-refractivity contribution in [3.8, 4) is 0 Å². The molecule has 0 N–H and O–H groups in total. The third-order valence-corrected chi connectivity index (χ3v) is 5.56. The molecule has 140 valence electrons. The first-order valence-electron chi connectivity index (χ1n) is 9.32. The molecule has 2 aliphatic rings. The Hall–Kier alpha value is -1.53. The van der Waals surface area contributed by atoms with Crippen LogP contribution in [0.3, 0.4) is 0 Å². The third-order valence-electron chi connectivity index (χ3n) is 5.56. The van der Waals surface area contributed by atoms with E-state index < -0.39 is 11.9 Å². The lowest BCUT2D eigenvalue weighted by atomic mass is 9.88. The van der Waals surface area contributed by atoms with Crippen LogP contribution in [-0.2, 0) is 13.2 Å². The van der Waals surface area contributed by atoms with Gasteiger partial charge in [-0.05, 0) is 25.7 Å². The molecule has 2 saturated carbocycles. The Kier molecular flexibility index (Phi) is 5.39. The van der Waals surface area contributed by atoms with E-state index >= 15 is 0 Å². The van der Waals surface area contributed by atoms with E-state index in [1.54, 1.807) is 0 Å². The number of amides is 1. The van der Waals surface area contributed by atoms with Gasteiger partial charge < -0.3 is 4.90 Å². The van der Waals surface area contributed by atoms with Crippen LogP contribution in [0, 0.1) is 0 Å². The molecule has 0 bridgehead atoms. The van der Waals surface area contributed by atoms with Gasteiger partial charge in [-0.3, -0.25) is 9.48 Å². The lowest BCUT2D eigenvalue weighted by Crippen LogP contribution is -2.49. The Balaban J connectivity index is 1.89. The van der Waals surface area contributed by atoms with E-state index in [9.17, 15) is 18.0 Å². The largest absolute Gasteiger partial charge is 0.435 e. The van der Waals surface area contributed by atoms with Crippen molar-refractivity contribution in [1.29, 1.82) is 0 Å². The number of carbonyl (C=O) groups excluding carboxylic acids is 1. The second-order valence-electron chi connectivity index (χ2n) is 7.33. The highest BCUT2D eigenvalue weighted by atomic mass is 19.4. The van der Waals surface area contributed by atoms with Gasteiger partial charge in [0.2, 0.25) is 0 Å². The molecule has 3 rings (SSSR count). The second kappa shape index (κ2) is 7.38. The summed E-state index contributed by atoms with van der Waals surface area (Å²) in [6.45, 7) is 0. The van der Waals surface area contributed by atoms with Gasteiger partial charge in [0, 0.05) is 25.2 Å². The van der Waals surface area contributed by atoms with E-state index in [0.29, 0.717) is 0 Å². The monoisotopic (exact) mass is 357 g/mol. The van der Waals surface area contributed by atoms with Crippen LogP contribution in [0.4, 0.5) is 13.2 Å². The Bertz CT molecular complexity index is 581. The third kappa shape index (κ3) is 4.01. The van der Waals surface area contributed by atoms with Crippen molar-refractivity contribution in [2.24, 2.45) is 7.05 Å². The van der Waals surface area contributed by atoms with Crippen molar-refractivity contribution < 1.29 is 18.0 Å². The second-order valence-corrected chi connectivity index (χ2v) is 7.33. The lowest BCUT2D eigenvalue weighted by Gasteiger charge is -2.41. The summed E-state index contributed by atoms with van der Waals surface area (Å²) in [5.41, 5.74) is -0.950. The molecule has 25 heavy (non-hydrogen) atoms. The van der Waals surface area contributed by atoms with Crippen molar-refractivity contribution >= 4 is 5.91 Å². The highest BCUT2D eigenvalue weighted by Crippen LogP contribution is 2.33. The minimum atomic E-state index is -4.53. The minimum Gasteiger partial charge on any atom is -0.331 e. The van der Waals surface area contributed by atoms with Gasteiger partial charge in [-0.25, -0.2) is 0 Å². The summed E-state index contributed by atoms with van der Waals surface area (Å²) in [5, 5.41) is 3.52. The average molecular weight is 357 g/mol. The number of rotatable bonds is 3. The molecule has 0 radical (unpaired) electrons. The summed E-state index contributed by atoms with van der Waals surface area (Å²) < 4.78 is 39.9. The summed E-state index contributed by atoms with van der Waals surface area (Å²) in [6, 6.07) is 1.20. The first-order valence-corrected chi connectivity index (χ1v) is 9.32. The fraction of sp³-hybridized carbons (Fsp3) is 0.778. The van der Waals surface area contributed by atoms with E-state index in [1.807, 2.05) is 4.90 Å². The van der Waals surface area contributed by atoms with E-state index in [0.717, 1.165) is 62.1 Å². The number of alkyl halides is 3. The maximum absolute atomic E-state index is 13.2. The number of nitrogens with zero attached hydrogens (tertiary/aromatic N) is 3.